The molecule has 0 aromatic heterocycles. The zero-order valence-electron chi connectivity index (χ0n) is 12.0. The zero-order valence-corrected chi connectivity index (χ0v) is 12.0. The van der Waals surface area contributed by atoms with Crippen molar-refractivity contribution < 1.29 is 0 Å². The van der Waals surface area contributed by atoms with Crippen molar-refractivity contribution in [2.24, 2.45) is 0 Å². The van der Waals surface area contributed by atoms with Crippen molar-refractivity contribution in [2.75, 3.05) is 18.4 Å². The zero-order chi connectivity index (χ0) is 13.8. The molecule has 0 unspecified atom stereocenters. The van der Waals surface area contributed by atoms with E-state index in [1.165, 1.54) is 22.4 Å². The standard InChI is InChI=1S/C18H22N2/c1-14-12-19-10-9-16-7-8-17(11-18(14)16)20-13-15-5-3-2-4-6-15/h2-8,11,14,19-20H,9-10,12-13H2,1H3/t14-/m1/s1. The van der Waals surface area contributed by atoms with Crippen LogP contribution in [0.3, 0.4) is 0 Å². The van der Waals surface area contributed by atoms with Gasteiger partial charge in [-0.25, -0.2) is 0 Å². The van der Waals surface area contributed by atoms with Crippen LogP contribution in [-0.4, -0.2) is 13.1 Å². The minimum atomic E-state index is 0.589. The summed E-state index contributed by atoms with van der Waals surface area (Å²) in [6, 6.07) is 17.4. The van der Waals surface area contributed by atoms with E-state index < -0.39 is 0 Å². The second-order valence-corrected chi connectivity index (χ2v) is 5.61. The largest absolute Gasteiger partial charge is 0.381 e. The summed E-state index contributed by atoms with van der Waals surface area (Å²) in [5.74, 6) is 0.589. The number of hydrogen-bond acceptors (Lipinski definition) is 2. The first-order valence-corrected chi connectivity index (χ1v) is 7.44. The Morgan fingerprint density at radius 2 is 2.00 bits per heavy atom. The van der Waals surface area contributed by atoms with E-state index in [0.29, 0.717) is 5.92 Å². The molecule has 1 atom stereocenters. The van der Waals surface area contributed by atoms with E-state index in [0.717, 1.165) is 26.1 Å². The highest BCUT2D eigenvalue weighted by atomic mass is 14.9. The van der Waals surface area contributed by atoms with Gasteiger partial charge in [-0.15, -0.1) is 0 Å². The molecule has 104 valence electrons. The van der Waals surface area contributed by atoms with Gasteiger partial charge in [-0.1, -0.05) is 43.3 Å². The number of rotatable bonds is 3. The van der Waals surface area contributed by atoms with Gasteiger partial charge >= 0.3 is 0 Å². The van der Waals surface area contributed by atoms with E-state index >= 15 is 0 Å². The fourth-order valence-electron chi connectivity index (χ4n) is 2.84. The molecule has 0 bridgehead atoms. The van der Waals surface area contributed by atoms with Gasteiger partial charge < -0.3 is 10.6 Å². The predicted octanol–water partition coefficient (Wildman–Crippen LogP) is 3.55. The van der Waals surface area contributed by atoms with Gasteiger partial charge in [-0.05, 0) is 47.7 Å². The number of fused-ring (bicyclic) bond motifs is 1. The maximum absolute atomic E-state index is 3.53. The average Bonchev–Trinajstić information content (AvgIpc) is 2.68. The van der Waals surface area contributed by atoms with Gasteiger partial charge in [0.2, 0.25) is 0 Å². The molecule has 0 radical (unpaired) electrons. The molecule has 3 rings (SSSR count). The number of anilines is 1. The van der Waals surface area contributed by atoms with E-state index in [4.69, 9.17) is 0 Å². The average molecular weight is 266 g/mol. The van der Waals surface area contributed by atoms with Crippen LogP contribution in [0.5, 0.6) is 0 Å². The number of benzene rings is 2. The SMILES string of the molecule is C[C@@H]1CNCCc2ccc(NCc3ccccc3)cc21. The molecule has 2 aromatic carbocycles. The molecule has 0 fully saturated rings. The van der Waals surface area contributed by atoms with Crippen LogP contribution in [0, 0.1) is 0 Å². The first kappa shape index (κ1) is 13.2. The third kappa shape index (κ3) is 3.02. The molecule has 2 nitrogen and oxygen atoms in total. The fourth-order valence-corrected chi connectivity index (χ4v) is 2.84. The van der Waals surface area contributed by atoms with Crippen molar-refractivity contribution in [1.29, 1.82) is 0 Å². The summed E-state index contributed by atoms with van der Waals surface area (Å²) in [5.41, 5.74) is 5.53. The van der Waals surface area contributed by atoms with Gasteiger partial charge in [-0.3, -0.25) is 0 Å². The lowest BCUT2D eigenvalue weighted by Crippen LogP contribution is -2.18. The first-order valence-electron chi connectivity index (χ1n) is 7.44. The highest BCUT2D eigenvalue weighted by Gasteiger charge is 2.14. The van der Waals surface area contributed by atoms with Gasteiger partial charge in [0.15, 0.2) is 0 Å². The van der Waals surface area contributed by atoms with Crippen molar-refractivity contribution >= 4 is 5.69 Å². The Bertz CT molecular complexity index is 563. The summed E-state index contributed by atoms with van der Waals surface area (Å²) in [6.07, 6.45) is 1.14. The van der Waals surface area contributed by atoms with Gasteiger partial charge in [0.05, 0.1) is 0 Å². The lowest BCUT2D eigenvalue weighted by molar-refractivity contribution is 0.644. The van der Waals surface area contributed by atoms with E-state index in [2.05, 4.69) is 66.1 Å². The Morgan fingerprint density at radius 3 is 2.85 bits per heavy atom. The van der Waals surface area contributed by atoms with Crippen LogP contribution in [0.25, 0.3) is 0 Å². The van der Waals surface area contributed by atoms with E-state index in [1.807, 2.05) is 0 Å². The van der Waals surface area contributed by atoms with Crippen LogP contribution >= 0.6 is 0 Å². The molecule has 0 saturated heterocycles. The van der Waals surface area contributed by atoms with Crippen molar-refractivity contribution in [2.45, 2.75) is 25.8 Å². The van der Waals surface area contributed by atoms with E-state index in [9.17, 15) is 0 Å². The third-order valence-electron chi connectivity index (χ3n) is 4.04. The second-order valence-electron chi connectivity index (χ2n) is 5.61. The van der Waals surface area contributed by atoms with Gasteiger partial charge in [0.1, 0.15) is 0 Å². The smallest absolute Gasteiger partial charge is 0.0400 e. The molecular formula is C18H22N2. The number of nitrogens with one attached hydrogen (secondary N) is 2. The molecule has 0 saturated carbocycles. The van der Waals surface area contributed by atoms with Crippen molar-refractivity contribution in [3.63, 3.8) is 0 Å². The topological polar surface area (TPSA) is 24.1 Å². The molecule has 2 aromatic rings. The van der Waals surface area contributed by atoms with Crippen LogP contribution in [0.4, 0.5) is 5.69 Å². The maximum Gasteiger partial charge on any atom is 0.0400 e. The molecule has 2 N–H and O–H groups in total. The Morgan fingerprint density at radius 1 is 1.15 bits per heavy atom. The second kappa shape index (κ2) is 6.10. The first-order chi connectivity index (χ1) is 9.83. The van der Waals surface area contributed by atoms with Crippen LogP contribution in [0.15, 0.2) is 48.5 Å². The minimum Gasteiger partial charge on any atom is -0.381 e. The summed E-state index contributed by atoms with van der Waals surface area (Å²) in [4.78, 5) is 0. The minimum absolute atomic E-state index is 0.589. The Kier molecular flexibility index (Phi) is 4.03. The Labute approximate surface area is 121 Å². The van der Waals surface area contributed by atoms with Crippen molar-refractivity contribution in [1.82, 2.24) is 5.32 Å². The normalized spacial score (nSPS) is 18.1. The summed E-state index contributed by atoms with van der Waals surface area (Å²) < 4.78 is 0. The van der Waals surface area contributed by atoms with Gasteiger partial charge in [-0.2, -0.15) is 0 Å². The summed E-state index contributed by atoms with van der Waals surface area (Å²) in [7, 11) is 0. The Hall–Kier alpha value is -1.80. The lowest BCUT2D eigenvalue weighted by Gasteiger charge is -2.15. The van der Waals surface area contributed by atoms with Crippen LogP contribution < -0.4 is 10.6 Å². The summed E-state index contributed by atoms with van der Waals surface area (Å²) >= 11 is 0. The molecule has 0 aliphatic carbocycles. The van der Waals surface area contributed by atoms with Crippen LogP contribution in [0.2, 0.25) is 0 Å². The molecular weight excluding hydrogens is 244 g/mol. The third-order valence-corrected chi connectivity index (χ3v) is 4.04. The van der Waals surface area contributed by atoms with Crippen LogP contribution in [-0.2, 0) is 13.0 Å². The fraction of sp³-hybridized carbons (Fsp3) is 0.333. The van der Waals surface area contributed by atoms with E-state index in [-0.39, 0.29) is 0 Å². The van der Waals surface area contributed by atoms with Crippen molar-refractivity contribution in [3.8, 4) is 0 Å². The quantitative estimate of drug-likeness (QED) is 0.888. The molecule has 1 heterocycles. The molecule has 20 heavy (non-hydrogen) atoms. The molecule has 1 aliphatic heterocycles. The van der Waals surface area contributed by atoms with Crippen molar-refractivity contribution in [3.05, 3.63) is 65.2 Å². The van der Waals surface area contributed by atoms with Gasteiger partial charge in [0, 0.05) is 18.8 Å². The summed E-state index contributed by atoms with van der Waals surface area (Å²) in [5, 5.41) is 7.03. The van der Waals surface area contributed by atoms with Gasteiger partial charge in [0.25, 0.3) is 0 Å². The van der Waals surface area contributed by atoms with Crippen LogP contribution in [0.1, 0.15) is 29.5 Å². The maximum atomic E-state index is 3.53. The monoisotopic (exact) mass is 266 g/mol. The molecule has 2 heteroatoms. The lowest BCUT2D eigenvalue weighted by atomic mass is 9.95. The molecule has 1 aliphatic rings. The number of hydrogen-bond donors (Lipinski definition) is 2. The highest BCUT2D eigenvalue weighted by molar-refractivity contribution is 5.50. The predicted molar refractivity (Wildman–Crippen MR) is 85.2 cm³/mol. The van der Waals surface area contributed by atoms with E-state index in [1.54, 1.807) is 0 Å². The molecule has 0 spiro atoms. The highest BCUT2D eigenvalue weighted by Crippen LogP contribution is 2.25. The molecule has 0 amide bonds. The Balaban J connectivity index is 1.75. The summed E-state index contributed by atoms with van der Waals surface area (Å²) in [6.45, 7) is 5.35.